The van der Waals surface area contributed by atoms with Crippen molar-refractivity contribution in [3.05, 3.63) is 12.2 Å². The largest absolute Gasteiger partial charge is 0.478 e. The van der Waals surface area contributed by atoms with Crippen LogP contribution >= 0.6 is 0 Å². The van der Waals surface area contributed by atoms with Gasteiger partial charge in [-0.2, -0.15) is 61.5 Å². The van der Waals surface area contributed by atoms with Gasteiger partial charge in [-0.15, -0.1) is 0 Å². The fourth-order valence-electron chi connectivity index (χ4n) is 2.95. The average molecular weight is 520 g/mol. The highest BCUT2D eigenvalue weighted by Crippen LogP contribution is 2.71. The van der Waals surface area contributed by atoms with Crippen LogP contribution in [0.4, 0.5) is 61.5 Å². The normalized spacial score (nSPS) is 28.0. The molecular formula is C15H10F14O4. The molecule has 0 aliphatic heterocycles. The van der Waals surface area contributed by atoms with Gasteiger partial charge in [-0.05, 0) is 0 Å². The van der Waals surface area contributed by atoms with Crippen LogP contribution in [0, 0.1) is 5.92 Å². The Bertz CT molecular complexity index is 804. The number of alkyl halides is 14. The number of halogens is 14. The summed E-state index contributed by atoms with van der Waals surface area (Å²) in [6.07, 6.45) is -1.04. The summed E-state index contributed by atoms with van der Waals surface area (Å²) in [6, 6.07) is 0. The number of hydrogen-bond donors (Lipinski definition) is 1. The van der Waals surface area contributed by atoms with Crippen LogP contribution in [0.15, 0.2) is 12.2 Å². The predicted octanol–water partition coefficient (Wildman–Crippen LogP) is 5.03. The van der Waals surface area contributed by atoms with Crippen LogP contribution in [0.25, 0.3) is 0 Å². The van der Waals surface area contributed by atoms with Gasteiger partial charge in [0.05, 0.1) is 0 Å². The first-order valence-electron chi connectivity index (χ1n) is 8.04. The molecule has 0 aromatic carbocycles. The van der Waals surface area contributed by atoms with Crippen LogP contribution in [0.1, 0.15) is 13.8 Å². The molecule has 1 fully saturated rings. The Kier molecular flexibility index (Phi) is 6.40. The van der Waals surface area contributed by atoms with Crippen molar-refractivity contribution in [3.8, 4) is 0 Å². The molecule has 0 spiro atoms. The standard InChI is InChI=1S/C15H10F14O4/c1-5(2)8(33-7(32)4-3-6(30)31)9(16,17)11(20,21)13(24,25)15(28,29)14(26,27)12(22,23)10(8,18)19/h3-5H,1-2H3,(H,30,31)/b4-3-. The van der Waals surface area contributed by atoms with E-state index in [2.05, 4.69) is 4.74 Å². The first-order chi connectivity index (χ1) is 14.3. The topological polar surface area (TPSA) is 63.6 Å². The maximum Gasteiger partial charge on any atom is 0.385 e. The molecule has 1 saturated carbocycles. The summed E-state index contributed by atoms with van der Waals surface area (Å²) in [7, 11) is 0. The number of rotatable bonds is 4. The molecule has 0 aromatic rings. The van der Waals surface area contributed by atoms with E-state index in [0.29, 0.717) is 0 Å². The van der Waals surface area contributed by atoms with Gasteiger partial charge < -0.3 is 9.84 Å². The number of carbonyl (C=O) groups excluding carboxylic acids is 1. The van der Waals surface area contributed by atoms with Crippen LogP contribution in [0.3, 0.4) is 0 Å². The number of carboxylic acid groups (broad SMARTS) is 1. The molecule has 0 amide bonds. The fourth-order valence-corrected chi connectivity index (χ4v) is 2.95. The Balaban J connectivity index is 4.28. The molecule has 1 aliphatic rings. The second-order valence-electron chi connectivity index (χ2n) is 7.00. The monoisotopic (exact) mass is 520 g/mol. The number of carbonyl (C=O) groups is 2. The van der Waals surface area contributed by atoms with Gasteiger partial charge in [-0.1, -0.05) is 13.8 Å². The maximum atomic E-state index is 14.6. The van der Waals surface area contributed by atoms with Gasteiger partial charge in [0.15, 0.2) is 0 Å². The average Bonchev–Trinajstić information content (AvgIpc) is 2.61. The number of esters is 1. The molecule has 0 aromatic heterocycles. The van der Waals surface area contributed by atoms with E-state index < -0.39 is 77.1 Å². The van der Waals surface area contributed by atoms with Gasteiger partial charge >= 0.3 is 53.4 Å². The van der Waals surface area contributed by atoms with Crippen molar-refractivity contribution in [2.24, 2.45) is 5.92 Å². The molecule has 1 aliphatic carbocycles. The number of carboxylic acids is 1. The van der Waals surface area contributed by atoms with Gasteiger partial charge in [0.25, 0.3) is 5.60 Å². The van der Waals surface area contributed by atoms with E-state index in [-0.39, 0.29) is 13.8 Å². The van der Waals surface area contributed by atoms with E-state index >= 15 is 0 Å². The molecule has 0 saturated heterocycles. The third-order valence-corrected chi connectivity index (χ3v) is 4.74. The van der Waals surface area contributed by atoms with E-state index in [0.717, 1.165) is 0 Å². The lowest BCUT2D eigenvalue weighted by Gasteiger charge is -2.55. The smallest absolute Gasteiger partial charge is 0.385 e. The predicted molar refractivity (Wildman–Crippen MR) is 75.1 cm³/mol. The molecule has 18 heteroatoms. The summed E-state index contributed by atoms with van der Waals surface area (Å²) < 4.78 is 200. The summed E-state index contributed by atoms with van der Waals surface area (Å²) >= 11 is 0. The Morgan fingerprint density at radius 1 is 0.606 bits per heavy atom. The highest BCUT2D eigenvalue weighted by molar-refractivity contribution is 5.91. The van der Waals surface area contributed by atoms with Gasteiger partial charge in [0.2, 0.25) is 0 Å². The molecular weight excluding hydrogens is 510 g/mol. The van der Waals surface area contributed by atoms with Crippen molar-refractivity contribution >= 4 is 11.9 Å². The summed E-state index contributed by atoms with van der Waals surface area (Å²) in [6.45, 7) is -0.337. The Morgan fingerprint density at radius 2 is 0.879 bits per heavy atom. The second kappa shape index (κ2) is 7.35. The van der Waals surface area contributed by atoms with Crippen LogP contribution in [-0.4, -0.2) is 64.1 Å². The lowest BCUT2D eigenvalue weighted by molar-refractivity contribution is -0.501. The molecule has 1 N–H and O–H groups in total. The molecule has 0 radical (unpaired) electrons. The number of ether oxygens (including phenoxy) is 1. The van der Waals surface area contributed by atoms with Crippen molar-refractivity contribution in [2.45, 2.75) is 60.9 Å². The number of aliphatic carboxylic acids is 1. The summed E-state index contributed by atoms with van der Waals surface area (Å²) in [5.41, 5.74) is -6.35. The SMILES string of the molecule is CC(C)C1(OC(=O)/C=C\C(=O)O)C(F)(F)C(F)(F)C(F)(F)C(F)(F)C(F)(F)C(F)(F)C1(F)F. The lowest BCUT2D eigenvalue weighted by Crippen LogP contribution is -2.86. The van der Waals surface area contributed by atoms with Crippen molar-refractivity contribution < 1.29 is 80.9 Å². The minimum absolute atomic E-state index is 0.168. The van der Waals surface area contributed by atoms with E-state index in [1.165, 1.54) is 0 Å². The summed E-state index contributed by atoms with van der Waals surface area (Å²) in [5, 5.41) is 8.28. The zero-order valence-electron chi connectivity index (χ0n) is 15.7. The summed E-state index contributed by atoms with van der Waals surface area (Å²) in [4.78, 5) is 21.8. The van der Waals surface area contributed by atoms with Gasteiger partial charge in [0, 0.05) is 18.1 Å². The zero-order valence-corrected chi connectivity index (χ0v) is 15.7. The van der Waals surface area contributed by atoms with Gasteiger partial charge in [0.1, 0.15) is 0 Å². The Hall–Kier alpha value is -2.30. The molecule has 1 rings (SSSR count). The molecule has 33 heavy (non-hydrogen) atoms. The first-order valence-corrected chi connectivity index (χ1v) is 8.04. The second-order valence-corrected chi connectivity index (χ2v) is 7.00. The highest BCUT2D eigenvalue weighted by Gasteiger charge is 3.02. The maximum absolute atomic E-state index is 14.6. The quantitative estimate of drug-likeness (QED) is 0.321. The zero-order chi connectivity index (χ0) is 26.9. The van der Waals surface area contributed by atoms with E-state index in [1.807, 2.05) is 0 Å². The van der Waals surface area contributed by atoms with Gasteiger partial charge in [-0.25, -0.2) is 9.59 Å². The van der Waals surface area contributed by atoms with E-state index in [9.17, 15) is 71.1 Å². The van der Waals surface area contributed by atoms with Gasteiger partial charge in [-0.3, -0.25) is 0 Å². The van der Waals surface area contributed by atoms with Crippen LogP contribution < -0.4 is 0 Å². The highest BCUT2D eigenvalue weighted by atomic mass is 19.4. The minimum Gasteiger partial charge on any atom is -0.478 e. The molecule has 0 bridgehead atoms. The van der Waals surface area contributed by atoms with Crippen LogP contribution in [0.5, 0.6) is 0 Å². The molecule has 0 unspecified atom stereocenters. The van der Waals surface area contributed by atoms with E-state index in [4.69, 9.17) is 5.11 Å². The molecule has 0 heterocycles. The third kappa shape index (κ3) is 3.10. The first kappa shape index (κ1) is 28.7. The Morgan fingerprint density at radius 3 is 1.12 bits per heavy atom. The van der Waals surface area contributed by atoms with Crippen molar-refractivity contribution in [1.82, 2.24) is 0 Å². The molecule has 0 atom stereocenters. The van der Waals surface area contributed by atoms with E-state index in [1.54, 1.807) is 0 Å². The third-order valence-electron chi connectivity index (χ3n) is 4.74. The Labute approximate surface area is 173 Å². The van der Waals surface area contributed by atoms with Crippen LogP contribution in [0.2, 0.25) is 0 Å². The number of hydrogen-bond acceptors (Lipinski definition) is 3. The van der Waals surface area contributed by atoms with Crippen molar-refractivity contribution in [1.29, 1.82) is 0 Å². The fraction of sp³-hybridized carbons (Fsp3) is 0.733. The van der Waals surface area contributed by atoms with Crippen molar-refractivity contribution in [2.75, 3.05) is 0 Å². The lowest BCUT2D eigenvalue weighted by atomic mass is 9.67. The summed E-state index contributed by atoms with van der Waals surface area (Å²) in [5.74, 6) is -64.1. The van der Waals surface area contributed by atoms with Crippen LogP contribution in [-0.2, 0) is 14.3 Å². The minimum atomic E-state index is -8.20. The molecule has 192 valence electrons. The molecule has 4 nitrogen and oxygen atoms in total. The van der Waals surface area contributed by atoms with Crippen molar-refractivity contribution in [3.63, 3.8) is 0 Å².